The first kappa shape index (κ1) is 23.7. The van der Waals surface area contributed by atoms with E-state index in [1.807, 2.05) is 54.6 Å². The third-order valence-corrected chi connectivity index (χ3v) is 7.70. The molecule has 1 aromatic heterocycles. The number of nitrogens with zero attached hydrogens (tertiary/aromatic N) is 2. The topological polar surface area (TPSA) is 77.5 Å². The van der Waals surface area contributed by atoms with E-state index < -0.39 is 16.0 Å². The third-order valence-electron chi connectivity index (χ3n) is 6.01. The van der Waals surface area contributed by atoms with Crippen LogP contribution in [0.15, 0.2) is 86.7 Å². The molecule has 8 heteroatoms. The quantitative estimate of drug-likeness (QED) is 0.225. The summed E-state index contributed by atoms with van der Waals surface area (Å²) < 4.78 is 43.2. The molecule has 1 aliphatic heterocycles. The molecule has 6 nitrogen and oxygen atoms in total. The van der Waals surface area contributed by atoms with Crippen molar-refractivity contribution in [1.29, 1.82) is 0 Å². The fourth-order valence-electron chi connectivity index (χ4n) is 4.55. The summed E-state index contributed by atoms with van der Waals surface area (Å²) in [6.07, 6.45) is 5.69. The van der Waals surface area contributed by atoms with Gasteiger partial charge < -0.3 is 13.9 Å². The maximum atomic E-state index is 11.9. The molecule has 3 aromatic carbocycles. The molecular weight excluding hydrogens is 480 g/mol. The number of hydrogen-bond donors (Lipinski definition) is 0. The van der Waals surface area contributed by atoms with Gasteiger partial charge in [0.15, 0.2) is 10.1 Å². The van der Waals surface area contributed by atoms with Crippen molar-refractivity contribution in [3.63, 3.8) is 0 Å². The average Bonchev–Trinajstić information content (AvgIpc) is 3.35. The Bertz CT molecular complexity index is 1590. The summed E-state index contributed by atoms with van der Waals surface area (Å²) in [6, 6.07) is 19.7. The van der Waals surface area contributed by atoms with Gasteiger partial charge >= 0.3 is 5.89 Å². The molecule has 180 valence electrons. The van der Waals surface area contributed by atoms with Crippen LogP contribution < -0.4 is 9.47 Å². The molecule has 0 fully saturated rings. The van der Waals surface area contributed by atoms with E-state index in [4.69, 9.17) is 4.42 Å². The number of fused-ring (bicyclic) bond motifs is 4. The lowest BCUT2D eigenvalue weighted by molar-refractivity contribution is -0.658. The van der Waals surface area contributed by atoms with Crippen LogP contribution in [0.25, 0.3) is 27.9 Å². The van der Waals surface area contributed by atoms with E-state index in [2.05, 4.69) is 37.0 Å². The maximum Gasteiger partial charge on any atom is 0.375 e. The summed E-state index contributed by atoms with van der Waals surface area (Å²) in [4.78, 5) is 3.48. The molecule has 0 aliphatic carbocycles. The van der Waals surface area contributed by atoms with Crippen LogP contribution in [0.3, 0.4) is 0 Å². The smallest absolute Gasteiger partial charge is 0.375 e. The van der Waals surface area contributed by atoms with Crippen LogP contribution in [-0.2, 0) is 16.0 Å². The van der Waals surface area contributed by atoms with Gasteiger partial charge in [-0.3, -0.25) is 0 Å². The van der Waals surface area contributed by atoms with Crippen LogP contribution in [-0.4, -0.2) is 19.5 Å². The molecule has 0 saturated heterocycles. The molecule has 0 radical (unpaired) electrons. The van der Waals surface area contributed by atoms with Crippen molar-refractivity contribution in [2.24, 2.45) is 0 Å². The maximum absolute atomic E-state index is 11.9. The molecule has 0 saturated carbocycles. The lowest BCUT2D eigenvalue weighted by Crippen LogP contribution is -2.39. The lowest BCUT2D eigenvalue weighted by Gasteiger charge is -2.18. The Balaban J connectivity index is 1.67. The molecule has 2 heterocycles. The first-order chi connectivity index (χ1) is 16.9. The van der Waals surface area contributed by atoms with Crippen LogP contribution in [0, 0.1) is 0 Å². The van der Waals surface area contributed by atoms with E-state index in [0.29, 0.717) is 17.0 Å². The monoisotopic (exact) mass is 506 g/mol. The van der Waals surface area contributed by atoms with Crippen LogP contribution in [0.4, 0.5) is 5.69 Å². The van der Waals surface area contributed by atoms with E-state index in [-0.39, 0.29) is 0 Å². The highest BCUT2D eigenvalue weighted by Crippen LogP contribution is 2.46. The van der Waals surface area contributed by atoms with Gasteiger partial charge in [-0.25, -0.2) is 8.42 Å². The number of para-hydroxylation sites is 1. The van der Waals surface area contributed by atoms with Crippen LogP contribution in [0.5, 0.6) is 0 Å². The van der Waals surface area contributed by atoms with Crippen molar-refractivity contribution >= 4 is 55.5 Å². The Hall–Kier alpha value is -3.07. The predicted molar refractivity (Wildman–Crippen MR) is 140 cm³/mol. The highest BCUT2D eigenvalue weighted by atomic mass is 32.2. The van der Waals surface area contributed by atoms with Crippen molar-refractivity contribution in [3.8, 4) is 0 Å². The molecule has 0 N–H and O–H groups in total. The zero-order chi connectivity index (χ0) is 24.6. The minimum atomic E-state index is -4.55. The van der Waals surface area contributed by atoms with Gasteiger partial charge in [-0.05, 0) is 54.6 Å². The second kappa shape index (κ2) is 9.53. The van der Waals surface area contributed by atoms with Crippen LogP contribution in [0.2, 0.25) is 0 Å². The minimum Gasteiger partial charge on any atom is -0.743 e. The fourth-order valence-corrected chi connectivity index (χ4v) is 6.32. The largest absolute Gasteiger partial charge is 0.743 e. The first-order valence-corrected chi connectivity index (χ1v) is 14.0. The number of allylic oxidation sites excluding steroid dienone is 2. The second-order valence-electron chi connectivity index (χ2n) is 8.45. The van der Waals surface area contributed by atoms with E-state index in [1.54, 1.807) is 11.8 Å². The molecule has 1 aliphatic rings. The van der Waals surface area contributed by atoms with Crippen molar-refractivity contribution < 1.29 is 22.0 Å². The number of anilines is 1. The summed E-state index contributed by atoms with van der Waals surface area (Å²) in [7, 11) is -4.55. The van der Waals surface area contributed by atoms with Crippen LogP contribution >= 0.6 is 11.8 Å². The van der Waals surface area contributed by atoms with Crippen LogP contribution in [0.1, 0.15) is 32.6 Å². The normalized spacial score (nSPS) is 15.5. The second-order valence-corrected chi connectivity index (χ2v) is 10.9. The van der Waals surface area contributed by atoms with E-state index in [9.17, 15) is 13.0 Å². The molecule has 35 heavy (non-hydrogen) atoms. The van der Waals surface area contributed by atoms with Gasteiger partial charge in [0.2, 0.25) is 11.5 Å². The third kappa shape index (κ3) is 4.74. The fraction of sp³-hybridized carbons (Fsp3) is 0.222. The van der Waals surface area contributed by atoms with Gasteiger partial charge in [-0.2, -0.15) is 0 Å². The standard InChI is InChI=1S/C27H26N2O4S2/c1-3-9-19(17-26-28(4-2)22-12-7-8-13-24(22)34-26)16-25-29(18-35(30,31)32)27-21-11-6-5-10-20(21)14-15-23(27)33-25/h5-8,10-17H,3-4,9,18H2,1-2H3. The number of aromatic nitrogens is 1. The zero-order valence-corrected chi connectivity index (χ0v) is 21.2. The zero-order valence-electron chi connectivity index (χ0n) is 19.6. The molecule has 5 rings (SSSR count). The molecule has 0 spiro atoms. The molecule has 0 atom stereocenters. The highest BCUT2D eigenvalue weighted by molar-refractivity contribution is 8.03. The molecule has 0 amide bonds. The molecule has 4 aromatic rings. The van der Waals surface area contributed by atoms with Gasteiger partial charge in [-0.15, -0.1) is 4.57 Å². The Morgan fingerprint density at radius 1 is 1.09 bits per heavy atom. The van der Waals surface area contributed by atoms with Crippen molar-refractivity contribution in [2.75, 3.05) is 11.4 Å². The van der Waals surface area contributed by atoms with Gasteiger partial charge in [0.05, 0.1) is 22.2 Å². The molecular formula is C27H26N2O4S2. The predicted octanol–water partition coefficient (Wildman–Crippen LogP) is 6.03. The Labute approximate surface area is 209 Å². The number of rotatable bonds is 7. The SMILES string of the molecule is CCCC(=C/c1oc2ccc3ccccc3c2[n+]1CS(=O)(=O)[O-])/C=C1/Sc2ccccc2N1CC. The first-order valence-electron chi connectivity index (χ1n) is 11.6. The lowest BCUT2D eigenvalue weighted by atomic mass is 10.1. The van der Waals surface area contributed by atoms with Gasteiger partial charge in [0.1, 0.15) is 0 Å². The minimum absolute atomic E-state index is 0.347. The highest BCUT2D eigenvalue weighted by Gasteiger charge is 2.27. The Morgan fingerprint density at radius 2 is 1.86 bits per heavy atom. The van der Waals surface area contributed by atoms with Gasteiger partial charge in [-0.1, -0.05) is 61.5 Å². The number of oxazole rings is 1. The summed E-state index contributed by atoms with van der Waals surface area (Å²) >= 11 is 1.72. The van der Waals surface area contributed by atoms with Gasteiger partial charge in [0.25, 0.3) is 5.52 Å². The van der Waals surface area contributed by atoms with E-state index >= 15 is 0 Å². The summed E-state index contributed by atoms with van der Waals surface area (Å²) in [5.74, 6) is -0.350. The summed E-state index contributed by atoms with van der Waals surface area (Å²) in [5.41, 5.74) is 3.33. The number of hydrogen-bond acceptors (Lipinski definition) is 6. The number of thioether (sulfide) groups is 1. The van der Waals surface area contributed by atoms with Crippen molar-refractivity contribution in [1.82, 2.24) is 0 Å². The summed E-state index contributed by atoms with van der Waals surface area (Å²) in [5, 5.41) is 2.90. The summed E-state index contributed by atoms with van der Waals surface area (Å²) in [6.45, 7) is 5.06. The van der Waals surface area contributed by atoms with Gasteiger partial charge in [0, 0.05) is 11.4 Å². The van der Waals surface area contributed by atoms with Crippen molar-refractivity contribution in [3.05, 3.63) is 83.2 Å². The Morgan fingerprint density at radius 3 is 2.63 bits per heavy atom. The molecule has 0 unspecified atom stereocenters. The average molecular weight is 507 g/mol. The Kier molecular flexibility index (Phi) is 6.44. The number of benzene rings is 3. The van der Waals surface area contributed by atoms with E-state index in [0.717, 1.165) is 40.8 Å². The van der Waals surface area contributed by atoms with Crippen molar-refractivity contribution in [2.45, 2.75) is 37.5 Å². The molecule has 0 bridgehead atoms. The van der Waals surface area contributed by atoms with E-state index in [1.165, 1.54) is 15.1 Å².